The fourth-order valence-electron chi connectivity index (χ4n) is 2.42. The van der Waals surface area contributed by atoms with E-state index in [0.717, 1.165) is 19.5 Å². The van der Waals surface area contributed by atoms with E-state index in [-0.39, 0.29) is 30.3 Å². The molecule has 1 fully saturated rings. The summed E-state index contributed by atoms with van der Waals surface area (Å²) in [5, 5.41) is 6.31. The molecule has 0 radical (unpaired) electrons. The lowest BCUT2D eigenvalue weighted by molar-refractivity contribution is -0.133. The molecule has 118 valence electrons. The molecule has 0 saturated carbocycles. The standard InChI is InChI=1S/C14H27N3O2.ClH/c1-4-17(5-2)14(19)7-6-13(18)16-12-10-15-9-8-11(12)3;/h11-12,15H,4-10H2,1-3H3,(H,16,18);1H. The summed E-state index contributed by atoms with van der Waals surface area (Å²) in [7, 11) is 0. The van der Waals surface area contributed by atoms with Crippen LogP contribution in [-0.4, -0.2) is 48.9 Å². The SMILES string of the molecule is CCN(CC)C(=O)CCC(=O)NC1CNCCC1C.Cl. The monoisotopic (exact) mass is 305 g/mol. The van der Waals surface area contributed by atoms with Crippen LogP contribution < -0.4 is 10.6 Å². The lowest BCUT2D eigenvalue weighted by Gasteiger charge is -2.30. The van der Waals surface area contributed by atoms with Gasteiger partial charge in [0.1, 0.15) is 0 Å². The van der Waals surface area contributed by atoms with Gasteiger partial charge in [-0.3, -0.25) is 9.59 Å². The molecule has 0 spiro atoms. The molecule has 1 saturated heterocycles. The zero-order valence-electron chi connectivity index (χ0n) is 12.8. The molecule has 1 heterocycles. The molecule has 5 nitrogen and oxygen atoms in total. The Balaban J connectivity index is 0.00000361. The van der Waals surface area contributed by atoms with Gasteiger partial charge in [0, 0.05) is 38.5 Å². The van der Waals surface area contributed by atoms with Crippen LogP contribution in [0.25, 0.3) is 0 Å². The maximum absolute atomic E-state index is 11.9. The van der Waals surface area contributed by atoms with Crippen molar-refractivity contribution >= 4 is 24.2 Å². The Kier molecular flexibility index (Phi) is 9.59. The van der Waals surface area contributed by atoms with E-state index >= 15 is 0 Å². The smallest absolute Gasteiger partial charge is 0.223 e. The van der Waals surface area contributed by atoms with E-state index < -0.39 is 0 Å². The van der Waals surface area contributed by atoms with Gasteiger partial charge < -0.3 is 15.5 Å². The highest BCUT2D eigenvalue weighted by Crippen LogP contribution is 2.11. The van der Waals surface area contributed by atoms with E-state index in [9.17, 15) is 9.59 Å². The predicted octanol–water partition coefficient (Wildman–Crippen LogP) is 1.17. The lowest BCUT2D eigenvalue weighted by Crippen LogP contribution is -2.50. The van der Waals surface area contributed by atoms with Gasteiger partial charge in [-0.1, -0.05) is 6.92 Å². The maximum atomic E-state index is 11.9. The van der Waals surface area contributed by atoms with Gasteiger partial charge in [-0.2, -0.15) is 0 Å². The number of hydrogen-bond acceptors (Lipinski definition) is 3. The molecule has 6 heteroatoms. The Labute approximate surface area is 128 Å². The van der Waals surface area contributed by atoms with Gasteiger partial charge in [0.15, 0.2) is 0 Å². The first-order valence-corrected chi connectivity index (χ1v) is 7.36. The molecular weight excluding hydrogens is 278 g/mol. The first-order chi connectivity index (χ1) is 9.08. The Bertz CT molecular complexity index is 309. The predicted molar refractivity (Wildman–Crippen MR) is 83.0 cm³/mol. The van der Waals surface area contributed by atoms with Gasteiger partial charge in [-0.25, -0.2) is 0 Å². The summed E-state index contributed by atoms with van der Waals surface area (Å²) in [6.07, 6.45) is 1.68. The largest absolute Gasteiger partial charge is 0.352 e. The van der Waals surface area contributed by atoms with Crippen molar-refractivity contribution in [3.63, 3.8) is 0 Å². The number of nitrogens with one attached hydrogen (secondary N) is 2. The van der Waals surface area contributed by atoms with Gasteiger partial charge >= 0.3 is 0 Å². The van der Waals surface area contributed by atoms with Crippen LogP contribution in [0.2, 0.25) is 0 Å². The van der Waals surface area contributed by atoms with Crippen molar-refractivity contribution in [3.8, 4) is 0 Å². The summed E-state index contributed by atoms with van der Waals surface area (Å²) in [5.74, 6) is 0.555. The minimum absolute atomic E-state index is 0. The number of halogens is 1. The van der Waals surface area contributed by atoms with E-state index in [4.69, 9.17) is 0 Å². The molecule has 1 aliphatic rings. The first-order valence-electron chi connectivity index (χ1n) is 7.36. The Morgan fingerprint density at radius 2 is 1.90 bits per heavy atom. The van der Waals surface area contributed by atoms with E-state index in [1.807, 2.05) is 13.8 Å². The highest BCUT2D eigenvalue weighted by molar-refractivity contribution is 5.85. The van der Waals surface area contributed by atoms with Gasteiger partial charge in [-0.05, 0) is 32.7 Å². The van der Waals surface area contributed by atoms with Gasteiger partial charge in [0.25, 0.3) is 0 Å². The molecule has 2 amide bonds. The summed E-state index contributed by atoms with van der Waals surface area (Å²) in [6, 6.07) is 0.199. The van der Waals surface area contributed by atoms with Crippen molar-refractivity contribution in [2.24, 2.45) is 5.92 Å². The van der Waals surface area contributed by atoms with Crippen molar-refractivity contribution in [2.45, 2.75) is 46.1 Å². The number of rotatable bonds is 6. The molecule has 1 rings (SSSR count). The van der Waals surface area contributed by atoms with Gasteiger partial charge in [-0.15, -0.1) is 12.4 Å². The molecule has 0 aromatic carbocycles. The van der Waals surface area contributed by atoms with E-state index in [1.165, 1.54) is 0 Å². The summed E-state index contributed by atoms with van der Waals surface area (Å²) in [4.78, 5) is 25.4. The second-order valence-electron chi connectivity index (χ2n) is 5.21. The third-order valence-corrected chi connectivity index (χ3v) is 3.86. The van der Waals surface area contributed by atoms with Crippen molar-refractivity contribution in [2.75, 3.05) is 26.2 Å². The highest BCUT2D eigenvalue weighted by Gasteiger charge is 2.22. The number of amides is 2. The van der Waals surface area contributed by atoms with Crippen molar-refractivity contribution in [1.29, 1.82) is 0 Å². The van der Waals surface area contributed by atoms with Crippen LogP contribution in [0, 0.1) is 5.92 Å². The summed E-state index contributed by atoms with van der Waals surface area (Å²) in [5.41, 5.74) is 0. The Hall–Kier alpha value is -0.810. The minimum Gasteiger partial charge on any atom is -0.352 e. The summed E-state index contributed by atoms with van der Waals surface area (Å²) in [6.45, 7) is 9.34. The molecule has 0 bridgehead atoms. The molecular formula is C14H28ClN3O2. The fraction of sp³-hybridized carbons (Fsp3) is 0.857. The number of hydrogen-bond donors (Lipinski definition) is 2. The number of carbonyl (C=O) groups is 2. The maximum Gasteiger partial charge on any atom is 0.223 e. The normalized spacial score (nSPS) is 21.8. The number of carbonyl (C=O) groups excluding carboxylic acids is 2. The first kappa shape index (κ1) is 19.2. The van der Waals surface area contributed by atoms with Crippen LogP contribution >= 0.6 is 12.4 Å². The van der Waals surface area contributed by atoms with Gasteiger partial charge in [0.2, 0.25) is 11.8 Å². The molecule has 2 N–H and O–H groups in total. The average Bonchev–Trinajstić information content (AvgIpc) is 2.40. The molecule has 0 aliphatic carbocycles. The molecule has 0 aromatic rings. The van der Waals surface area contributed by atoms with Crippen LogP contribution in [0.15, 0.2) is 0 Å². The fourth-order valence-corrected chi connectivity index (χ4v) is 2.42. The third kappa shape index (κ3) is 6.09. The van der Waals surface area contributed by atoms with Crippen LogP contribution in [0.1, 0.15) is 40.0 Å². The minimum atomic E-state index is -0.0129. The van der Waals surface area contributed by atoms with Crippen LogP contribution in [-0.2, 0) is 9.59 Å². The molecule has 20 heavy (non-hydrogen) atoms. The number of nitrogens with zero attached hydrogens (tertiary/aromatic N) is 1. The third-order valence-electron chi connectivity index (χ3n) is 3.86. The molecule has 2 atom stereocenters. The Morgan fingerprint density at radius 3 is 2.45 bits per heavy atom. The van der Waals surface area contributed by atoms with Crippen LogP contribution in [0.4, 0.5) is 0 Å². The van der Waals surface area contributed by atoms with Crippen molar-refractivity contribution in [1.82, 2.24) is 15.5 Å². The second-order valence-corrected chi connectivity index (χ2v) is 5.21. The lowest BCUT2D eigenvalue weighted by atomic mass is 9.94. The van der Waals surface area contributed by atoms with E-state index in [1.54, 1.807) is 4.90 Å². The van der Waals surface area contributed by atoms with Crippen molar-refractivity contribution in [3.05, 3.63) is 0 Å². The van der Waals surface area contributed by atoms with E-state index in [2.05, 4.69) is 17.6 Å². The Morgan fingerprint density at radius 1 is 1.25 bits per heavy atom. The average molecular weight is 306 g/mol. The quantitative estimate of drug-likeness (QED) is 0.774. The summed E-state index contributed by atoms with van der Waals surface area (Å²) < 4.78 is 0. The van der Waals surface area contributed by atoms with Crippen LogP contribution in [0.5, 0.6) is 0 Å². The zero-order valence-corrected chi connectivity index (χ0v) is 13.6. The molecule has 2 unspecified atom stereocenters. The topological polar surface area (TPSA) is 61.4 Å². The van der Waals surface area contributed by atoms with E-state index in [0.29, 0.717) is 31.8 Å². The molecule has 0 aromatic heterocycles. The number of piperidine rings is 1. The zero-order chi connectivity index (χ0) is 14.3. The summed E-state index contributed by atoms with van der Waals surface area (Å²) >= 11 is 0. The highest BCUT2D eigenvalue weighted by atomic mass is 35.5. The van der Waals surface area contributed by atoms with Crippen molar-refractivity contribution < 1.29 is 9.59 Å². The second kappa shape index (κ2) is 10.00. The molecule has 1 aliphatic heterocycles. The van der Waals surface area contributed by atoms with Crippen LogP contribution in [0.3, 0.4) is 0 Å². The van der Waals surface area contributed by atoms with Gasteiger partial charge in [0.05, 0.1) is 0 Å².